The van der Waals surface area contributed by atoms with Crippen LogP contribution in [0.2, 0.25) is 0 Å². The minimum atomic E-state index is -1.08. The quantitative estimate of drug-likeness (QED) is 0.345. The highest BCUT2D eigenvalue weighted by atomic mass is 16.4. The van der Waals surface area contributed by atoms with Crippen molar-refractivity contribution in [2.24, 2.45) is 7.05 Å². The molecule has 0 aliphatic heterocycles. The lowest BCUT2D eigenvalue weighted by molar-refractivity contribution is 0.0697. The van der Waals surface area contributed by atoms with E-state index in [1.807, 2.05) is 67.6 Å². The Labute approximate surface area is 228 Å². The molecule has 9 nitrogen and oxygen atoms in total. The van der Waals surface area contributed by atoms with Crippen LogP contribution in [0.15, 0.2) is 94.5 Å². The fraction of sp³-hybridized carbons (Fsp3) is 0.129. The van der Waals surface area contributed by atoms with Gasteiger partial charge in [0, 0.05) is 18.3 Å². The second-order valence-electron chi connectivity index (χ2n) is 9.73. The van der Waals surface area contributed by atoms with Crippen LogP contribution >= 0.6 is 0 Å². The van der Waals surface area contributed by atoms with Crippen molar-refractivity contribution < 1.29 is 9.90 Å². The largest absolute Gasteiger partial charge is 0.478 e. The van der Waals surface area contributed by atoms with E-state index in [2.05, 4.69) is 4.98 Å². The molecule has 198 valence electrons. The number of fused-ring (bicyclic) bond motifs is 2. The molecule has 0 saturated carbocycles. The number of carboxylic acid groups (broad SMARTS) is 1. The topological polar surface area (TPSA) is 112 Å². The number of carbonyl (C=O) groups is 1. The average Bonchev–Trinajstić information content (AvgIpc) is 3.33. The Morgan fingerprint density at radius 3 is 2.45 bits per heavy atom. The maximum atomic E-state index is 13.7. The number of rotatable bonds is 6. The minimum absolute atomic E-state index is 0.0812. The van der Waals surface area contributed by atoms with Crippen LogP contribution in [0.3, 0.4) is 0 Å². The van der Waals surface area contributed by atoms with Gasteiger partial charge in [-0.1, -0.05) is 60.7 Å². The van der Waals surface area contributed by atoms with Crippen molar-refractivity contribution in [1.29, 1.82) is 0 Å². The number of benzene rings is 3. The molecule has 0 saturated heterocycles. The third-order valence-electron chi connectivity index (χ3n) is 7.08. The highest BCUT2D eigenvalue weighted by molar-refractivity contribution is 5.94. The maximum Gasteiger partial charge on any atom is 0.335 e. The number of pyridine rings is 1. The summed E-state index contributed by atoms with van der Waals surface area (Å²) in [6, 6.07) is 25.9. The molecule has 40 heavy (non-hydrogen) atoms. The van der Waals surface area contributed by atoms with E-state index < -0.39 is 17.2 Å². The molecule has 0 atom stereocenters. The first kappa shape index (κ1) is 25.0. The second-order valence-corrected chi connectivity index (χ2v) is 9.73. The molecule has 0 unspecified atom stereocenters. The molecular formula is C31H25N5O4. The Bertz CT molecular complexity index is 2060. The number of aromatic carboxylic acids is 1. The Hall–Kier alpha value is -5.31. The van der Waals surface area contributed by atoms with Gasteiger partial charge in [-0.15, -0.1) is 0 Å². The molecule has 0 radical (unpaired) electrons. The predicted octanol–water partition coefficient (Wildman–Crippen LogP) is 4.22. The van der Waals surface area contributed by atoms with Crippen LogP contribution in [0.4, 0.5) is 0 Å². The van der Waals surface area contributed by atoms with Gasteiger partial charge >= 0.3 is 11.7 Å². The SMILES string of the molecule is Cc1cccc(Cn2c(=O)n(C)c(=O)c3c(-c4cccc(C(=O)O)c4)n(Cc4cccc5ccccc45)nc32)n1. The van der Waals surface area contributed by atoms with Gasteiger partial charge in [-0.2, -0.15) is 5.10 Å². The van der Waals surface area contributed by atoms with Crippen LogP contribution in [-0.4, -0.2) is 35.0 Å². The molecule has 0 fully saturated rings. The monoisotopic (exact) mass is 531 g/mol. The summed E-state index contributed by atoms with van der Waals surface area (Å²) in [6.45, 7) is 2.28. The van der Waals surface area contributed by atoms with Crippen LogP contribution in [0.1, 0.15) is 27.3 Å². The Kier molecular flexibility index (Phi) is 6.11. The lowest BCUT2D eigenvalue weighted by Gasteiger charge is -2.11. The van der Waals surface area contributed by atoms with Gasteiger partial charge in [-0.3, -0.25) is 23.6 Å². The van der Waals surface area contributed by atoms with Gasteiger partial charge in [0.1, 0.15) is 5.39 Å². The zero-order valence-electron chi connectivity index (χ0n) is 21.9. The summed E-state index contributed by atoms with van der Waals surface area (Å²) in [4.78, 5) is 43.4. The van der Waals surface area contributed by atoms with Crippen molar-refractivity contribution in [3.63, 3.8) is 0 Å². The highest BCUT2D eigenvalue weighted by Crippen LogP contribution is 2.29. The van der Waals surface area contributed by atoms with Gasteiger partial charge in [-0.25, -0.2) is 9.59 Å². The normalized spacial score (nSPS) is 11.3. The number of hydrogen-bond acceptors (Lipinski definition) is 5. The Morgan fingerprint density at radius 1 is 0.900 bits per heavy atom. The zero-order valence-corrected chi connectivity index (χ0v) is 21.9. The zero-order chi connectivity index (χ0) is 28.0. The smallest absolute Gasteiger partial charge is 0.335 e. The van der Waals surface area contributed by atoms with E-state index in [4.69, 9.17) is 5.10 Å². The van der Waals surface area contributed by atoms with Crippen LogP contribution < -0.4 is 11.2 Å². The number of carboxylic acids is 1. The number of aryl methyl sites for hydroxylation is 1. The van der Waals surface area contributed by atoms with E-state index >= 15 is 0 Å². The molecule has 6 rings (SSSR count). The van der Waals surface area contributed by atoms with Crippen molar-refractivity contribution in [1.82, 2.24) is 23.9 Å². The predicted molar refractivity (Wildman–Crippen MR) is 153 cm³/mol. The van der Waals surface area contributed by atoms with Crippen molar-refractivity contribution in [3.05, 3.63) is 128 Å². The Balaban J connectivity index is 1.66. The number of hydrogen-bond donors (Lipinski definition) is 1. The summed E-state index contributed by atoms with van der Waals surface area (Å²) < 4.78 is 4.20. The van der Waals surface area contributed by atoms with E-state index in [1.54, 1.807) is 16.8 Å². The average molecular weight is 532 g/mol. The van der Waals surface area contributed by atoms with E-state index in [0.29, 0.717) is 23.5 Å². The second kappa shape index (κ2) is 9.77. The van der Waals surface area contributed by atoms with E-state index in [9.17, 15) is 19.5 Å². The van der Waals surface area contributed by atoms with Gasteiger partial charge in [0.15, 0.2) is 5.65 Å². The lowest BCUT2D eigenvalue weighted by atomic mass is 10.0. The molecule has 9 heteroatoms. The molecule has 0 bridgehead atoms. The summed E-state index contributed by atoms with van der Waals surface area (Å²) in [5.41, 5.74) is 2.66. The van der Waals surface area contributed by atoms with Crippen LogP contribution in [0.25, 0.3) is 33.1 Å². The third kappa shape index (κ3) is 4.27. The Morgan fingerprint density at radius 2 is 1.65 bits per heavy atom. The standard InChI is InChI=1S/C31H25N5O4/c1-19-8-5-14-24(32-19)18-35-28-26(29(37)34(2)31(35)40)27(21-11-7-12-22(16-21)30(38)39)36(33-28)17-23-13-6-10-20-9-3-4-15-25(20)23/h3-16H,17-18H2,1-2H3,(H,38,39). The summed E-state index contributed by atoms with van der Waals surface area (Å²) in [7, 11) is 1.43. The molecule has 3 aromatic heterocycles. The van der Waals surface area contributed by atoms with Crippen molar-refractivity contribution >= 4 is 27.8 Å². The van der Waals surface area contributed by atoms with Gasteiger partial charge < -0.3 is 5.11 Å². The first-order valence-electron chi connectivity index (χ1n) is 12.7. The third-order valence-corrected chi connectivity index (χ3v) is 7.08. The van der Waals surface area contributed by atoms with Gasteiger partial charge in [0.25, 0.3) is 5.56 Å². The van der Waals surface area contributed by atoms with Crippen LogP contribution in [0.5, 0.6) is 0 Å². The number of nitrogens with zero attached hydrogens (tertiary/aromatic N) is 5. The summed E-state index contributed by atoms with van der Waals surface area (Å²) in [5, 5.41) is 16.8. The molecule has 3 heterocycles. The fourth-order valence-corrected chi connectivity index (χ4v) is 5.15. The van der Waals surface area contributed by atoms with Gasteiger partial charge in [0.05, 0.1) is 30.0 Å². The first-order valence-corrected chi connectivity index (χ1v) is 12.7. The molecule has 0 amide bonds. The first-order chi connectivity index (χ1) is 19.3. The summed E-state index contributed by atoms with van der Waals surface area (Å²) in [6.07, 6.45) is 0. The van der Waals surface area contributed by atoms with Crippen molar-refractivity contribution in [3.8, 4) is 11.3 Å². The van der Waals surface area contributed by atoms with Crippen LogP contribution in [-0.2, 0) is 20.1 Å². The van der Waals surface area contributed by atoms with Gasteiger partial charge in [-0.05, 0) is 47.5 Å². The van der Waals surface area contributed by atoms with Crippen LogP contribution in [0, 0.1) is 6.92 Å². The fourth-order valence-electron chi connectivity index (χ4n) is 5.15. The number of aromatic nitrogens is 5. The summed E-state index contributed by atoms with van der Waals surface area (Å²) >= 11 is 0. The molecule has 0 aliphatic carbocycles. The van der Waals surface area contributed by atoms with Crippen molar-refractivity contribution in [2.75, 3.05) is 0 Å². The molecule has 1 N–H and O–H groups in total. The van der Waals surface area contributed by atoms with Crippen molar-refractivity contribution in [2.45, 2.75) is 20.0 Å². The van der Waals surface area contributed by atoms with E-state index in [1.165, 1.54) is 23.7 Å². The lowest BCUT2D eigenvalue weighted by Crippen LogP contribution is -2.38. The molecular weight excluding hydrogens is 506 g/mol. The molecule has 6 aromatic rings. The summed E-state index contributed by atoms with van der Waals surface area (Å²) in [5.74, 6) is -1.08. The molecule has 0 aliphatic rings. The van der Waals surface area contributed by atoms with Gasteiger partial charge in [0.2, 0.25) is 0 Å². The molecule has 3 aromatic carbocycles. The van der Waals surface area contributed by atoms with E-state index in [0.717, 1.165) is 26.6 Å². The minimum Gasteiger partial charge on any atom is -0.478 e. The maximum absolute atomic E-state index is 13.7. The molecule has 0 spiro atoms. The van der Waals surface area contributed by atoms with E-state index in [-0.39, 0.29) is 23.1 Å². The highest BCUT2D eigenvalue weighted by Gasteiger charge is 2.23.